The number of hydrogen-bond donors (Lipinski definition) is 1. The summed E-state index contributed by atoms with van der Waals surface area (Å²) in [6.07, 6.45) is 2.99. The Kier molecular flexibility index (Phi) is 4.41. The molecule has 7 heteroatoms. The maximum Gasteiger partial charge on any atom is 0.272 e. The molecule has 6 nitrogen and oxygen atoms in total. The lowest BCUT2D eigenvalue weighted by atomic mass is 10.1. The van der Waals surface area contributed by atoms with Gasteiger partial charge in [0.25, 0.3) is 5.91 Å². The van der Waals surface area contributed by atoms with E-state index in [9.17, 15) is 9.18 Å². The summed E-state index contributed by atoms with van der Waals surface area (Å²) in [5.41, 5.74) is 3.08. The Morgan fingerprint density at radius 2 is 2.12 bits per heavy atom. The van der Waals surface area contributed by atoms with Crippen LogP contribution in [0.25, 0.3) is 0 Å². The fourth-order valence-corrected chi connectivity index (χ4v) is 2.41. The van der Waals surface area contributed by atoms with E-state index in [0.717, 1.165) is 11.1 Å². The van der Waals surface area contributed by atoms with Crippen LogP contribution in [-0.2, 0) is 13.1 Å². The maximum atomic E-state index is 14.2. The van der Waals surface area contributed by atoms with Crippen molar-refractivity contribution in [2.24, 2.45) is 0 Å². The zero-order valence-corrected chi connectivity index (χ0v) is 13.4. The minimum atomic E-state index is -0.334. The predicted molar refractivity (Wildman–Crippen MR) is 84.5 cm³/mol. The van der Waals surface area contributed by atoms with Crippen LogP contribution in [0.1, 0.15) is 32.9 Å². The Hall–Kier alpha value is -2.96. The summed E-state index contributed by atoms with van der Waals surface area (Å²) in [6.45, 7) is 4.00. The minimum absolute atomic E-state index is 0.133. The van der Waals surface area contributed by atoms with Gasteiger partial charge in [-0.3, -0.25) is 9.89 Å². The van der Waals surface area contributed by atoms with Gasteiger partial charge in [-0.05, 0) is 31.5 Å². The van der Waals surface area contributed by atoms with Crippen LogP contribution in [0.2, 0.25) is 0 Å². The number of hydrogen-bond acceptors (Lipinski definition) is 4. The van der Waals surface area contributed by atoms with Gasteiger partial charge in [-0.25, -0.2) is 4.39 Å². The van der Waals surface area contributed by atoms with Gasteiger partial charge in [-0.15, -0.1) is 0 Å². The highest BCUT2D eigenvalue weighted by Crippen LogP contribution is 2.17. The second kappa shape index (κ2) is 6.66. The number of aromatic nitrogens is 3. The van der Waals surface area contributed by atoms with Gasteiger partial charge in [0.2, 0.25) is 0 Å². The summed E-state index contributed by atoms with van der Waals surface area (Å²) in [6, 6.07) is 6.63. The third-order valence-corrected chi connectivity index (χ3v) is 3.65. The molecule has 0 bridgehead atoms. The van der Waals surface area contributed by atoms with Crippen molar-refractivity contribution in [1.29, 1.82) is 0 Å². The maximum absolute atomic E-state index is 14.2. The number of carbonyl (C=O) groups excluding carboxylic acids is 1. The molecule has 0 aliphatic rings. The molecule has 0 unspecified atom stereocenters. The van der Waals surface area contributed by atoms with Crippen molar-refractivity contribution in [3.63, 3.8) is 0 Å². The first-order valence-corrected chi connectivity index (χ1v) is 7.47. The molecule has 2 aromatic heterocycles. The minimum Gasteiger partial charge on any atom is -0.364 e. The molecule has 3 rings (SSSR count). The highest BCUT2D eigenvalue weighted by molar-refractivity contribution is 5.92. The first-order valence-electron chi connectivity index (χ1n) is 7.47. The highest BCUT2D eigenvalue weighted by Gasteiger charge is 2.20. The first-order chi connectivity index (χ1) is 11.5. The molecule has 0 fully saturated rings. The van der Waals surface area contributed by atoms with Crippen LogP contribution >= 0.6 is 0 Å². The highest BCUT2D eigenvalue weighted by atomic mass is 19.1. The molecule has 24 heavy (non-hydrogen) atoms. The number of carbonyl (C=O) groups is 1. The number of nitrogens with one attached hydrogen (secondary N) is 1. The number of rotatable bonds is 5. The second-order valence-electron chi connectivity index (χ2n) is 5.71. The summed E-state index contributed by atoms with van der Waals surface area (Å²) < 4.78 is 19.0. The molecule has 0 saturated carbocycles. The number of amides is 1. The third-order valence-electron chi connectivity index (χ3n) is 3.65. The zero-order chi connectivity index (χ0) is 17.1. The molecular formula is C17H17FN4O2. The Bertz CT molecular complexity index is 842. The Labute approximate surface area is 138 Å². The number of nitrogens with zero attached hydrogens (tertiary/aromatic N) is 3. The number of benzene rings is 1. The van der Waals surface area contributed by atoms with Gasteiger partial charge < -0.3 is 9.42 Å². The molecule has 0 radical (unpaired) electrons. The SMILES string of the molecule is Cc1ccc(CN(Cc2cnoc2)C(=O)c2cc(C)n[nH]2)c(F)c1. The number of aryl methyl sites for hydroxylation is 2. The zero-order valence-electron chi connectivity index (χ0n) is 13.4. The van der Waals surface area contributed by atoms with Crippen LogP contribution < -0.4 is 0 Å². The van der Waals surface area contributed by atoms with Crippen LogP contribution in [0, 0.1) is 19.7 Å². The topological polar surface area (TPSA) is 75.0 Å². The van der Waals surface area contributed by atoms with Gasteiger partial charge in [-0.2, -0.15) is 5.10 Å². The average molecular weight is 328 g/mol. The van der Waals surface area contributed by atoms with E-state index in [1.807, 2.05) is 13.0 Å². The second-order valence-corrected chi connectivity index (χ2v) is 5.71. The molecule has 2 heterocycles. The van der Waals surface area contributed by atoms with Crippen LogP contribution in [-0.4, -0.2) is 26.2 Å². The van der Waals surface area contributed by atoms with Crippen molar-refractivity contribution >= 4 is 5.91 Å². The summed E-state index contributed by atoms with van der Waals surface area (Å²) in [5.74, 6) is -0.601. The smallest absolute Gasteiger partial charge is 0.272 e. The molecule has 0 saturated heterocycles. The molecule has 124 valence electrons. The van der Waals surface area contributed by atoms with Crippen LogP contribution in [0.5, 0.6) is 0 Å². The molecule has 0 aliphatic carbocycles. The molecule has 0 spiro atoms. The lowest BCUT2D eigenvalue weighted by molar-refractivity contribution is 0.0722. The Balaban J connectivity index is 1.87. The van der Waals surface area contributed by atoms with Gasteiger partial charge in [0, 0.05) is 17.7 Å². The first kappa shape index (κ1) is 15.9. The van der Waals surface area contributed by atoms with E-state index < -0.39 is 0 Å². The number of H-pyrrole nitrogens is 1. The Morgan fingerprint density at radius 3 is 2.75 bits per heavy atom. The van der Waals surface area contributed by atoms with E-state index in [1.165, 1.54) is 23.4 Å². The van der Waals surface area contributed by atoms with Crippen molar-refractivity contribution in [1.82, 2.24) is 20.3 Å². The molecule has 0 aliphatic heterocycles. The standard InChI is InChI=1S/C17H17FN4O2/c1-11-3-4-14(15(18)5-11)9-22(8-13-7-19-24-10-13)17(23)16-6-12(2)20-21-16/h3-7,10H,8-9H2,1-2H3,(H,20,21). The molecule has 1 aromatic carbocycles. The van der Waals surface area contributed by atoms with E-state index >= 15 is 0 Å². The largest absolute Gasteiger partial charge is 0.364 e. The van der Waals surface area contributed by atoms with Crippen LogP contribution in [0.4, 0.5) is 4.39 Å². The van der Waals surface area contributed by atoms with E-state index in [0.29, 0.717) is 17.0 Å². The van der Waals surface area contributed by atoms with E-state index in [2.05, 4.69) is 15.4 Å². The van der Waals surface area contributed by atoms with E-state index in [-0.39, 0.29) is 24.8 Å². The molecular weight excluding hydrogens is 311 g/mol. The Morgan fingerprint density at radius 1 is 1.29 bits per heavy atom. The van der Waals surface area contributed by atoms with Gasteiger partial charge in [0.15, 0.2) is 0 Å². The normalized spacial score (nSPS) is 10.8. The van der Waals surface area contributed by atoms with Crippen molar-refractivity contribution in [3.05, 3.63) is 70.6 Å². The molecule has 1 N–H and O–H groups in total. The van der Waals surface area contributed by atoms with Gasteiger partial charge in [0.1, 0.15) is 17.8 Å². The summed E-state index contributed by atoms with van der Waals surface area (Å²) in [7, 11) is 0. The fraction of sp³-hybridized carbons (Fsp3) is 0.235. The third kappa shape index (κ3) is 3.51. The quantitative estimate of drug-likeness (QED) is 0.781. The van der Waals surface area contributed by atoms with Crippen molar-refractivity contribution in [2.45, 2.75) is 26.9 Å². The average Bonchev–Trinajstić information content (AvgIpc) is 3.20. The summed E-state index contributed by atoms with van der Waals surface area (Å²) in [5, 5.41) is 10.3. The van der Waals surface area contributed by atoms with Crippen LogP contribution in [0.15, 0.2) is 41.2 Å². The monoisotopic (exact) mass is 328 g/mol. The predicted octanol–water partition coefficient (Wildman–Crippen LogP) is 3.00. The van der Waals surface area contributed by atoms with Gasteiger partial charge >= 0.3 is 0 Å². The fourth-order valence-electron chi connectivity index (χ4n) is 2.41. The lowest BCUT2D eigenvalue weighted by Crippen LogP contribution is -2.30. The van der Waals surface area contributed by atoms with Gasteiger partial charge in [0.05, 0.1) is 18.4 Å². The van der Waals surface area contributed by atoms with Crippen molar-refractivity contribution in [3.8, 4) is 0 Å². The van der Waals surface area contributed by atoms with E-state index in [4.69, 9.17) is 4.52 Å². The molecule has 0 atom stereocenters. The van der Waals surface area contributed by atoms with Crippen LogP contribution in [0.3, 0.4) is 0 Å². The molecule has 1 amide bonds. The summed E-state index contributed by atoms with van der Waals surface area (Å²) >= 11 is 0. The number of halogens is 1. The van der Waals surface area contributed by atoms with Crippen molar-refractivity contribution in [2.75, 3.05) is 0 Å². The van der Waals surface area contributed by atoms with Crippen molar-refractivity contribution < 1.29 is 13.7 Å². The number of aromatic amines is 1. The lowest BCUT2D eigenvalue weighted by Gasteiger charge is -2.21. The molecule has 3 aromatic rings. The van der Waals surface area contributed by atoms with Gasteiger partial charge in [-0.1, -0.05) is 17.3 Å². The summed E-state index contributed by atoms with van der Waals surface area (Å²) in [4.78, 5) is 14.3. The van der Waals surface area contributed by atoms with E-state index in [1.54, 1.807) is 19.1 Å².